The minimum atomic E-state index is -0.188. The molecular formula is C57H41NS3. The summed E-state index contributed by atoms with van der Waals surface area (Å²) in [5.74, 6) is 0. The maximum atomic E-state index is 4.50. The molecule has 0 fully saturated rings. The third-order valence-electron chi connectivity index (χ3n) is 13.0. The molecule has 3 aliphatic rings. The summed E-state index contributed by atoms with van der Waals surface area (Å²) in [6.07, 6.45) is 11.3. The van der Waals surface area contributed by atoms with Crippen molar-refractivity contribution >= 4 is 96.7 Å². The summed E-state index contributed by atoms with van der Waals surface area (Å²) in [5, 5.41) is 5.30. The number of nitrogens with zero attached hydrogens (tertiary/aromatic N) is 1. The van der Waals surface area contributed by atoms with Crippen LogP contribution in [-0.2, 0) is 5.41 Å². The van der Waals surface area contributed by atoms with Crippen molar-refractivity contribution in [1.29, 1.82) is 0 Å². The van der Waals surface area contributed by atoms with Crippen LogP contribution in [0.5, 0.6) is 0 Å². The number of benzene rings is 7. The smallest absolute Gasteiger partial charge is 0.0465 e. The van der Waals surface area contributed by atoms with E-state index in [1.54, 1.807) is 0 Å². The highest BCUT2D eigenvalue weighted by Crippen LogP contribution is 2.56. The van der Waals surface area contributed by atoms with E-state index >= 15 is 0 Å². The fraction of sp³-hybridized carbons (Fsp3) is 0.0877. The lowest BCUT2D eigenvalue weighted by molar-refractivity contribution is 0.654. The second-order valence-electron chi connectivity index (χ2n) is 16.8. The lowest BCUT2D eigenvalue weighted by Gasteiger charge is -2.29. The SMILES string of the molecule is C=C1/C=C\C2=C(SC3=C1CCC=C3)c1ccc(N(c3ccc(-c4cccc5c4sc4ccccc45)cc3)c3ccc(-c4cccc5c4sc4ccccc45)cc3)cc1C2(C)C. The minimum Gasteiger partial charge on any atom is -0.310 e. The van der Waals surface area contributed by atoms with Crippen molar-refractivity contribution < 1.29 is 0 Å². The lowest BCUT2D eigenvalue weighted by atomic mass is 9.80. The summed E-state index contributed by atoms with van der Waals surface area (Å²) in [6.45, 7) is 9.27. The lowest BCUT2D eigenvalue weighted by Crippen LogP contribution is -2.18. The van der Waals surface area contributed by atoms with Gasteiger partial charge in [0.05, 0.1) is 0 Å². The van der Waals surface area contributed by atoms with Crippen LogP contribution in [0.4, 0.5) is 17.1 Å². The normalized spacial score (nSPS) is 16.3. The number of rotatable bonds is 5. The van der Waals surface area contributed by atoms with E-state index in [0.717, 1.165) is 35.5 Å². The largest absolute Gasteiger partial charge is 0.310 e. The Labute approximate surface area is 369 Å². The van der Waals surface area contributed by atoms with Gasteiger partial charge in [0.25, 0.3) is 0 Å². The molecule has 0 saturated carbocycles. The third kappa shape index (κ3) is 5.88. The Morgan fingerprint density at radius 2 is 1.10 bits per heavy atom. The van der Waals surface area contributed by atoms with Gasteiger partial charge >= 0.3 is 0 Å². The van der Waals surface area contributed by atoms with Gasteiger partial charge in [-0.25, -0.2) is 0 Å². The van der Waals surface area contributed by atoms with Gasteiger partial charge in [-0.3, -0.25) is 0 Å². The van der Waals surface area contributed by atoms with Crippen LogP contribution in [-0.4, -0.2) is 0 Å². The quantitative estimate of drug-likeness (QED) is 0.170. The van der Waals surface area contributed by atoms with Gasteiger partial charge < -0.3 is 4.90 Å². The molecule has 1 nitrogen and oxygen atoms in total. The zero-order valence-corrected chi connectivity index (χ0v) is 36.5. The summed E-state index contributed by atoms with van der Waals surface area (Å²) in [5.41, 5.74) is 14.8. The molecule has 0 atom stereocenters. The Morgan fingerprint density at radius 1 is 0.541 bits per heavy atom. The summed E-state index contributed by atoms with van der Waals surface area (Å²) in [6, 6.07) is 56.6. The second-order valence-corrected chi connectivity index (χ2v) is 20.0. The molecule has 292 valence electrons. The first kappa shape index (κ1) is 36.7. The van der Waals surface area contributed by atoms with Crippen molar-refractivity contribution in [2.75, 3.05) is 4.90 Å². The number of thioether (sulfide) groups is 1. The van der Waals surface area contributed by atoms with Crippen LogP contribution in [0.1, 0.15) is 37.8 Å². The molecule has 0 radical (unpaired) electrons. The van der Waals surface area contributed by atoms with Gasteiger partial charge in [-0.1, -0.05) is 160 Å². The van der Waals surface area contributed by atoms with Crippen LogP contribution in [0.25, 0.3) is 67.5 Å². The van der Waals surface area contributed by atoms with Gasteiger partial charge in [-0.2, -0.15) is 0 Å². The van der Waals surface area contributed by atoms with Crippen molar-refractivity contribution in [3.63, 3.8) is 0 Å². The summed E-state index contributed by atoms with van der Waals surface area (Å²) >= 11 is 5.70. The highest BCUT2D eigenvalue weighted by molar-refractivity contribution is 8.12. The van der Waals surface area contributed by atoms with E-state index in [4.69, 9.17) is 0 Å². The Hall–Kier alpha value is -6.17. The predicted molar refractivity (Wildman–Crippen MR) is 269 cm³/mol. The number of thiophene rings is 2. The molecule has 0 N–H and O–H groups in total. The molecule has 2 aromatic heterocycles. The van der Waals surface area contributed by atoms with Crippen LogP contribution in [0.2, 0.25) is 0 Å². The Kier molecular flexibility index (Phi) is 8.54. The molecule has 1 aliphatic heterocycles. The van der Waals surface area contributed by atoms with E-state index in [1.807, 2.05) is 34.4 Å². The van der Waals surface area contributed by atoms with Crippen LogP contribution < -0.4 is 4.90 Å². The molecule has 61 heavy (non-hydrogen) atoms. The minimum absolute atomic E-state index is 0.188. The monoisotopic (exact) mass is 835 g/mol. The first-order valence-electron chi connectivity index (χ1n) is 21.1. The summed E-state index contributed by atoms with van der Waals surface area (Å²) < 4.78 is 5.33. The van der Waals surface area contributed by atoms with Gasteiger partial charge in [0.1, 0.15) is 0 Å². The highest BCUT2D eigenvalue weighted by Gasteiger charge is 2.38. The van der Waals surface area contributed by atoms with Crippen molar-refractivity contribution in [2.45, 2.75) is 32.1 Å². The van der Waals surface area contributed by atoms with Gasteiger partial charge in [0.2, 0.25) is 0 Å². The van der Waals surface area contributed by atoms with Crippen LogP contribution >= 0.6 is 34.4 Å². The number of hydrogen-bond donors (Lipinski definition) is 0. The molecule has 0 saturated heterocycles. The molecule has 0 bridgehead atoms. The Balaban J connectivity index is 0.977. The standard InChI is InChI=1S/C57H41NS3/c1-35-22-33-49-56(61-51-19-7-4-12-41(35)51)48-32-31-40(34-50(48)57(49,2)3)58(38-27-23-36(24-28-38)42-15-10-17-46-44-13-5-8-20-52(44)59-54(42)46)39-29-25-37(26-30-39)43-16-11-18-47-45-14-6-9-21-53(45)60-55(43)47/h5-11,13-34H,1,4,12H2,2-3H3/b33-22-. The molecule has 0 amide bonds. The fourth-order valence-corrected chi connectivity index (χ4v) is 13.7. The Bertz CT molecular complexity index is 3260. The van der Waals surface area contributed by atoms with Gasteiger partial charge in [0, 0.05) is 72.6 Å². The molecule has 2 aliphatic carbocycles. The van der Waals surface area contributed by atoms with E-state index < -0.39 is 0 Å². The molecule has 4 heteroatoms. The number of fused-ring (bicyclic) bond motifs is 8. The Morgan fingerprint density at radius 3 is 1.70 bits per heavy atom. The number of hydrogen-bond acceptors (Lipinski definition) is 4. The fourth-order valence-electron chi connectivity index (χ4n) is 9.78. The van der Waals surface area contributed by atoms with E-state index in [9.17, 15) is 0 Å². The van der Waals surface area contributed by atoms with Gasteiger partial charge in [0.15, 0.2) is 0 Å². The zero-order chi connectivity index (χ0) is 40.8. The van der Waals surface area contributed by atoms with E-state index in [1.165, 1.54) is 94.7 Å². The molecule has 7 aromatic carbocycles. The van der Waals surface area contributed by atoms with Crippen molar-refractivity contribution in [1.82, 2.24) is 0 Å². The first-order chi connectivity index (χ1) is 29.9. The molecular weight excluding hydrogens is 795 g/mol. The number of allylic oxidation sites excluding steroid dienone is 7. The van der Waals surface area contributed by atoms with Crippen molar-refractivity contribution in [2.24, 2.45) is 0 Å². The van der Waals surface area contributed by atoms with Crippen molar-refractivity contribution in [3.05, 3.63) is 215 Å². The molecule has 0 unspecified atom stereocenters. The molecule has 3 heterocycles. The van der Waals surface area contributed by atoms with Gasteiger partial charge in [-0.05, 0) is 111 Å². The third-order valence-corrected chi connectivity index (χ3v) is 16.6. The zero-order valence-electron chi connectivity index (χ0n) is 34.0. The number of anilines is 3. The average Bonchev–Trinajstić information content (AvgIpc) is 3.93. The topological polar surface area (TPSA) is 3.24 Å². The van der Waals surface area contributed by atoms with Crippen LogP contribution in [0.15, 0.2) is 204 Å². The van der Waals surface area contributed by atoms with Crippen LogP contribution in [0, 0.1) is 0 Å². The van der Waals surface area contributed by atoms with Gasteiger partial charge in [-0.15, -0.1) is 22.7 Å². The maximum Gasteiger partial charge on any atom is 0.0465 e. The second kappa shape index (κ2) is 14.2. The van der Waals surface area contributed by atoms with Crippen LogP contribution in [0.3, 0.4) is 0 Å². The molecule has 9 aromatic rings. The maximum absolute atomic E-state index is 4.50. The molecule has 12 rings (SSSR count). The molecule has 0 spiro atoms. The van der Waals surface area contributed by atoms with E-state index in [-0.39, 0.29) is 5.41 Å². The van der Waals surface area contributed by atoms with E-state index in [0.29, 0.717) is 0 Å². The first-order valence-corrected chi connectivity index (χ1v) is 23.5. The van der Waals surface area contributed by atoms with Crippen molar-refractivity contribution in [3.8, 4) is 22.3 Å². The predicted octanol–water partition coefficient (Wildman–Crippen LogP) is 17.7. The average molecular weight is 836 g/mol. The highest BCUT2D eigenvalue weighted by atomic mass is 32.2. The van der Waals surface area contributed by atoms with E-state index in [2.05, 4.69) is 201 Å². The summed E-state index contributed by atoms with van der Waals surface area (Å²) in [4.78, 5) is 5.13. The summed E-state index contributed by atoms with van der Waals surface area (Å²) in [7, 11) is 0.